The van der Waals surface area contributed by atoms with Gasteiger partial charge in [0.15, 0.2) is 0 Å². The molecule has 0 saturated carbocycles. The van der Waals surface area contributed by atoms with Gasteiger partial charge in [0.1, 0.15) is 5.75 Å². The number of nitrogens with one attached hydrogen (secondary N) is 1. The molecule has 0 unspecified atom stereocenters. The van der Waals surface area contributed by atoms with Gasteiger partial charge in [-0.1, -0.05) is 60.7 Å². The normalized spacial score (nSPS) is 15.8. The van der Waals surface area contributed by atoms with E-state index in [0.29, 0.717) is 11.4 Å². The number of aryl methyl sites for hydroxylation is 1. The fraction of sp³-hybridized carbons (Fsp3) is 0.296. The second-order valence-corrected chi connectivity index (χ2v) is 8.37. The number of nitrogens with zero attached hydrogens (tertiary/aromatic N) is 1. The Bertz CT molecular complexity index is 982. The summed E-state index contributed by atoms with van der Waals surface area (Å²) < 4.78 is 5.35. The Kier molecular flexibility index (Phi) is 7.20. The Balaban J connectivity index is 1.18. The molecule has 0 radical (unpaired) electrons. The summed E-state index contributed by atoms with van der Waals surface area (Å²) in [5, 5.41) is 13.7. The molecule has 2 N–H and O–H groups in total. The summed E-state index contributed by atoms with van der Waals surface area (Å²) in [4.78, 5) is 14.4. The minimum absolute atomic E-state index is 0.496. The van der Waals surface area contributed by atoms with Crippen molar-refractivity contribution in [3.8, 4) is 5.75 Å². The number of carbonyl (C=O) groups excluding carboxylic acids is 1. The molecule has 0 aromatic heterocycles. The predicted octanol–water partition coefficient (Wildman–Crippen LogP) is 5.21. The van der Waals surface area contributed by atoms with E-state index in [-0.39, 0.29) is 0 Å². The van der Waals surface area contributed by atoms with Crippen molar-refractivity contribution in [2.45, 2.75) is 31.3 Å². The van der Waals surface area contributed by atoms with Gasteiger partial charge in [-0.3, -0.25) is 5.32 Å². The van der Waals surface area contributed by atoms with E-state index in [4.69, 9.17) is 4.74 Å². The van der Waals surface area contributed by atoms with Crippen LogP contribution in [0.3, 0.4) is 0 Å². The zero-order chi connectivity index (χ0) is 22.2. The molecular weight excluding hydrogens is 400 g/mol. The molecule has 1 fully saturated rings. The molecule has 1 aliphatic rings. The van der Waals surface area contributed by atoms with Crippen LogP contribution in [0.1, 0.15) is 30.4 Å². The summed E-state index contributed by atoms with van der Waals surface area (Å²) in [5.41, 5.74) is 2.26. The molecule has 1 heterocycles. The van der Waals surface area contributed by atoms with Crippen LogP contribution in [0.4, 0.5) is 10.5 Å². The largest absolute Gasteiger partial charge is 0.417 e. The van der Waals surface area contributed by atoms with Gasteiger partial charge in [-0.15, -0.1) is 0 Å². The number of piperidine rings is 1. The van der Waals surface area contributed by atoms with E-state index in [0.717, 1.165) is 50.9 Å². The first-order valence-electron chi connectivity index (χ1n) is 11.2. The van der Waals surface area contributed by atoms with Crippen LogP contribution in [-0.4, -0.2) is 35.7 Å². The summed E-state index contributed by atoms with van der Waals surface area (Å²) in [6, 6.07) is 26.9. The minimum atomic E-state index is -0.694. The van der Waals surface area contributed by atoms with Gasteiger partial charge in [-0.25, -0.2) is 4.79 Å². The van der Waals surface area contributed by atoms with E-state index < -0.39 is 11.7 Å². The molecule has 0 bridgehead atoms. The zero-order valence-electron chi connectivity index (χ0n) is 18.2. The monoisotopic (exact) mass is 430 g/mol. The lowest BCUT2D eigenvalue weighted by Gasteiger charge is -2.38. The van der Waals surface area contributed by atoms with Crippen molar-refractivity contribution in [2.24, 2.45) is 0 Å². The molecule has 0 spiro atoms. The number of amides is 1. The Labute approximate surface area is 189 Å². The van der Waals surface area contributed by atoms with Crippen LogP contribution in [-0.2, 0) is 12.0 Å². The van der Waals surface area contributed by atoms with Crippen molar-refractivity contribution < 1.29 is 14.6 Å². The second kappa shape index (κ2) is 10.4. The molecule has 1 saturated heterocycles. The number of rotatable bonds is 7. The Morgan fingerprint density at radius 1 is 0.906 bits per heavy atom. The number of hydrogen-bond acceptors (Lipinski definition) is 4. The van der Waals surface area contributed by atoms with E-state index in [1.54, 1.807) is 0 Å². The van der Waals surface area contributed by atoms with E-state index in [2.05, 4.69) is 10.2 Å². The molecular formula is C27H30N2O3. The van der Waals surface area contributed by atoms with Gasteiger partial charge in [-0.05, 0) is 67.6 Å². The fourth-order valence-corrected chi connectivity index (χ4v) is 4.19. The van der Waals surface area contributed by atoms with Gasteiger partial charge in [0.05, 0.1) is 5.60 Å². The maximum Gasteiger partial charge on any atom is 0.417 e. The van der Waals surface area contributed by atoms with E-state index in [1.807, 2.05) is 84.9 Å². The highest BCUT2D eigenvalue weighted by Gasteiger charge is 2.33. The number of ether oxygens (including phenoxy) is 1. The van der Waals surface area contributed by atoms with Crippen molar-refractivity contribution in [1.82, 2.24) is 4.90 Å². The van der Waals surface area contributed by atoms with Gasteiger partial charge in [0.25, 0.3) is 0 Å². The number of hydrogen-bond donors (Lipinski definition) is 2. The number of likely N-dealkylation sites (tertiary alicyclic amines) is 1. The summed E-state index contributed by atoms with van der Waals surface area (Å²) in [6.07, 6.45) is 3.07. The van der Waals surface area contributed by atoms with Crippen LogP contribution < -0.4 is 10.1 Å². The average molecular weight is 431 g/mol. The molecule has 5 nitrogen and oxygen atoms in total. The predicted molar refractivity (Wildman–Crippen MR) is 127 cm³/mol. The zero-order valence-corrected chi connectivity index (χ0v) is 18.2. The molecule has 166 valence electrons. The lowest BCUT2D eigenvalue weighted by atomic mass is 9.84. The maximum atomic E-state index is 12.0. The highest BCUT2D eigenvalue weighted by molar-refractivity contribution is 5.86. The lowest BCUT2D eigenvalue weighted by Crippen LogP contribution is -2.42. The molecule has 32 heavy (non-hydrogen) atoms. The summed E-state index contributed by atoms with van der Waals surface area (Å²) in [6.45, 7) is 2.84. The topological polar surface area (TPSA) is 61.8 Å². The van der Waals surface area contributed by atoms with Crippen molar-refractivity contribution in [1.29, 1.82) is 0 Å². The van der Waals surface area contributed by atoms with Crippen LogP contribution >= 0.6 is 0 Å². The molecule has 1 aliphatic heterocycles. The van der Waals surface area contributed by atoms with Gasteiger partial charge in [0.2, 0.25) is 0 Å². The van der Waals surface area contributed by atoms with Crippen molar-refractivity contribution in [2.75, 3.05) is 25.0 Å². The van der Waals surface area contributed by atoms with Crippen LogP contribution in [0.5, 0.6) is 5.75 Å². The van der Waals surface area contributed by atoms with Crippen LogP contribution in [0, 0.1) is 0 Å². The third kappa shape index (κ3) is 5.96. The number of anilines is 1. The van der Waals surface area contributed by atoms with Gasteiger partial charge < -0.3 is 14.7 Å². The van der Waals surface area contributed by atoms with Crippen molar-refractivity contribution in [3.05, 3.63) is 96.1 Å². The molecule has 0 atom stereocenters. The lowest BCUT2D eigenvalue weighted by molar-refractivity contribution is -0.0259. The third-order valence-electron chi connectivity index (χ3n) is 6.09. The molecule has 5 heteroatoms. The first-order valence-corrected chi connectivity index (χ1v) is 11.2. The van der Waals surface area contributed by atoms with Gasteiger partial charge in [0, 0.05) is 18.8 Å². The quantitative estimate of drug-likeness (QED) is 0.540. The fourth-order valence-electron chi connectivity index (χ4n) is 4.19. The van der Waals surface area contributed by atoms with Crippen molar-refractivity contribution in [3.63, 3.8) is 0 Å². The molecule has 0 aliphatic carbocycles. The van der Waals surface area contributed by atoms with Gasteiger partial charge in [-0.2, -0.15) is 0 Å². The van der Waals surface area contributed by atoms with Crippen molar-refractivity contribution >= 4 is 11.8 Å². The number of carbonyl (C=O) groups is 1. The Hall–Kier alpha value is -3.15. The number of aliphatic hydroxyl groups is 1. The Morgan fingerprint density at radius 2 is 1.53 bits per heavy atom. The van der Waals surface area contributed by atoms with Crippen LogP contribution in [0.15, 0.2) is 84.9 Å². The number of para-hydroxylation sites is 1. The summed E-state index contributed by atoms with van der Waals surface area (Å²) >= 11 is 0. The second-order valence-electron chi connectivity index (χ2n) is 8.37. The summed E-state index contributed by atoms with van der Waals surface area (Å²) in [5.74, 6) is 0.526. The van der Waals surface area contributed by atoms with Crippen LogP contribution in [0.2, 0.25) is 0 Å². The Morgan fingerprint density at radius 3 is 2.19 bits per heavy atom. The summed E-state index contributed by atoms with van der Waals surface area (Å²) in [7, 11) is 0. The highest BCUT2D eigenvalue weighted by Crippen LogP contribution is 2.32. The average Bonchev–Trinajstić information content (AvgIpc) is 2.83. The van der Waals surface area contributed by atoms with E-state index >= 15 is 0 Å². The maximum absolute atomic E-state index is 12.0. The third-order valence-corrected chi connectivity index (χ3v) is 6.09. The van der Waals surface area contributed by atoms with E-state index in [1.165, 1.54) is 5.56 Å². The standard InChI is InChI=1S/C27H30N2O3/c30-26(28-24-11-5-2-6-12-24)32-25-15-13-22(14-16-25)8-7-19-29-20-17-27(31,18-21-29)23-9-3-1-4-10-23/h1-6,9-16,31H,7-8,17-21H2,(H,28,30). The van der Waals surface area contributed by atoms with Crippen LogP contribution in [0.25, 0.3) is 0 Å². The highest BCUT2D eigenvalue weighted by atomic mass is 16.6. The molecule has 3 aromatic carbocycles. The first-order chi connectivity index (χ1) is 15.6. The van der Waals surface area contributed by atoms with E-state index in [9.17, 15) is 9.90 Å². The SMILES string of the molecule is O=C(Nc1ccccc1)Oc1ccc(CCCN2CCC(O)(c3ccccc3)CC2)cc1. The molecule has 1 amide bonds. The smallest absolute Gasteiger partial charge is 0.410 e. The minimum Gasteiger partial charge on any atom is -0.410 e. The van der Waals surface area contributed by atoms with Gasteiger partial charge >= 0.3 is 6.09 Å². The number of benzene rings is 3. The molecule has 3 aromatic rings. The first kappa shape index (κ1) is 22.1. The molecule has 4 rings (SSSR count).